The third kappa shape index (κ3) is 5.87. The Morgan fingerprint density at radius 1 is 1.06 bits per heavy atom. The molecule has 3 rings (SSSR count). The van der Waals surface area contributed by atoms with Crippen molar-refractivity contribution in [3.63, 3.8) is 0 Å². The first-order valence-electron chi connectivity index (χ1n) is 10.3. The number of benzene rings is 2. The average molecular weight is 447 g/mol. The molecule has 2 aromatic rings. The van der Waals surface area contributed by atoms with E-state index in [9.17, 15) is 27.6 Å². The summed E-state index contributed by atoms with van der Waals surface area (Å²) >= 11 is 0. The number of anilines is 2. The minimum absolute atomic E-state index is 0.0276. The fraction of sp³-hybridized carbons (Fsp3) is 0.348. The Morgan fingerprint density at radius 2 is 1.78 bits per heavy atom. The maximum atomic E-state index is 12.8. The molecule has 0 unspecified atom stereocenters. The summed E-state index contributed by atoms with van der Waals surface area (Å²) in [6.07, 6.45) is -2.47. The minimum atomic E-state index is -4.50. The number of nitrogens with zero attached hydrogens (tertiary/aromatic N) is 1. The number of alkyl halides is 3. The van der Waals surface area contributed by atoms with Gasteiger partial charge in [-0.25, -0.2) is 0 Å². The summed E-state index contributed by atoms with van der Waals surface area (Å²) in [5.41, 5.74) is -0.139. The molecular formula is C23H24F3N3O3. The Hall–Kier alpha value is -3.36. The van der Waals surface area contributed by atoms with Crippen LogP contribution in [0.2, 0.25) is 0 Å². The number of likely N-dealkylation sites (tertiary alicyclic amines) is 1. The second kappa shape index (κ2) is 9.84. The maximum Gasteiger partial charge on any atom is 0.416 e. The number of halogens is 3. The highest BCUT2D eigenvalue weighted by Gasteiger charge is 2.34. The van der Waals surface area contributed by atoms with Gasteiger partial charge in [-0.1, -0.05) is 19.4 Å². The molecule has 9 heteroatoms. The molecule has 32 heavy (non-hydrogen) atoms. The van der Waals surface area contributed by atoms with Crippen molar-refractivity contribution in [3.8, 4) is 0 Å². The van der Waals surface area contributed by atoms with Gasteiger partial charge < -0.3 is 15.5 Å². The van der Waals surface area contributed by atoms with Gasteiger partial charge in [-0.3, -0.25) is 14.4 Å². The second-order valence-electron chi connectivity index (χ2n) is 7.69. The van der Waals surface area contributed by atoms with Crippen molar-refractivity contribution in [3.05, 3.63) is 59.7 Å². The molecule has 1 aliphatic heterocycles. The van der Waals surface area contributed by atoms with Gasteiger partial charge in [0.2, 0.25) is 11.8 Å². The Bertz CT molecular complexity index is 990. The molecule has 3 amide bonds. The molecule has 0 aliphatic carbocycles. The van der Waals surface area contributed by atoms with E-state index in [1.807, 2.05) is 6.92 Å². The predicted octanol–water partition coefficient (Wildman–Crippen LogP) is 4.54. The molecule has 1 heterocycles. The summed E-state index contributed by atoms with van der Waals surface area (Å²) < 4.78 is 38.5. The minimum Gasteiger partial charge on any atom is -0.342 e. The lowest BCUT2D eigenvalue weighted by atomic mass is 10.1. The summed E-state index contributed by atoms with van der Waals surface area (Å²) in [4.78, 5) is 38.6. The first-order chi connectivity index (χ1) is 15.2. The average Bonchev–Trinajstić information content (AvgIpc) is 3.13. The van der Waals surface area contributed by atoms with Crippen molar-refractivity contribution >= 4 is 29.1 Å². The lowest BCUT2D eigenvalue weighted by Crippen LogP contribution is -2.29. The maximum absolute atomic E-state index is 12.8. The van der Waals surface area contributed by atoms with Crippen molar-refractivity contribution in [2.75, 3.05) is 23.7 Å². The number of nitrogens with one attached hydrogen (secondary N) is 2. The largest absolute Gasteiger partial charge is 0.416 e. The number of rotatable bonds is 7. The van der Waals surface area contributed by atoms with E-state index in [1.54, 1.807) is 4.90 Å². The fourth-order valence-corrected chi connectivity index (χ4v) is 3.44. The predicted molar refractivity (Wildman–Crippen MR) is 114 cm³/mol. The van der Waals surface area contributed by atoms with E-state index in [0.717, 1.165) is 25.0 Å². The molecule has 0 bridgehead atoms. The van der Waals surface area contributed by atoms with Crippen LogP contribution in [0.1, 0.15) is 42.1 Å². The Morgan fingerprint density at radius 3 is 2.44 bits per heavy atom. The van der Waals surface area contributed by atoms with Crippen molar-refractivity contribution < 1.29 is 27.6 Å². The van der Waals surface area contributed by atoms with E-state index < -0.39 is 23.6 Å². The van der Waals surface area contributed by atoms with Gasteiger partial charge >= 0.3 is 6.18 Å². The summed E-state index contributed by atoms with van der Waals surface area (Å²) in [5, 5.41) is 5.18. The first kappa shape index (κ1) is 23.3. The molecule has 2 aromatic carbocycles. The lowest BCUT2D eigenvalue weighted by molar-refractivity contribution is -0.137. The van der Waals surface area contributed by atoms with Gasteiger partial charge in [0.15, 0.2) is 0 Å². The monoisotopic (exact) mass is 447 g/mol. The smallest absolute Gasteiger partial charge is 0.342 e. The zero-order chi connectivity index (χ0) is 23.3. The number of carbonyl (C=O) groups is 3. The van der Waals surface area contributed by atoms with E-state index in [0.29, 0.717) is 18.8 Å². The van der Waals surface area contributed by atoms with Gasteiger partial charge in [-0.2, -0.15) is 13.2 Å². The molecule has 6 nitrogen and oxygen atoms in total. The van der Waals surface area contributed by atoms with Crippen LogP contribution in [0, 0.1) is 5.92 Å². The van der Waals surface area contributed by atoms with Gasteiger partial charge in [0, 0.05) is 36.4 Å². The van der Waals surface area contributed by atoms with Crippen molar-refractivity contribution in [1.29, 1.82) is 0 Å². The lowest BCUT2D eigenvalue weighted by Gasteiger charge is -2.16. The van der Waals surface area contributed by atoms with Crippen LogP contribution in [0.15, 0.2) is 48.5 Å². The molecule has 2 N–H and O–H groups in total. The second-order valence-corrected chi connectivity index (χ2v) is 7.69. The van der Waals surface area contributed by atoms with E-state index >= 15 is 0 Å². The molecule has 170 valence electrons. The summed E-state index contributed by atoms with van der Waals surface area (Å²) in [5.74, 6) is -1.29. The quantitative estimate of drug-likeness (QED) is 0.654. The third-order valence-corrected chi connectivity index (χ3v) is 5.23. The molecule has 0 aromatic heterocycles. The van der Waals surface area contributed by atoms with Gasteiger partial charge in [0.05, 0.1) is 11.5 Å². The molecule has 0 radical (unpaired) electrons. The van der Waals surface area contributed by atoms with Crippen LogP contribution in [0.3, 0.4) is 0 Å². The van der Waals surface area contributed by atoms with Crippen LogP contribution >= 0.6 is 0 Å². The SMILES string of the molecule is CCCCN1C[C@@H](C(=O)Nc2ccc(C(=O)Nc3cccc(C(F)(F)F)c3)cc2)CC1=O. The van der Waals surface area contributed by atoms with Gasteiger partial charge in [-0.05, 0) is 48.9 Å². The topological polar surface area (TPSA) is 78.5 Å². The molecule has 1 aliphatic rings. The van der Waals surface area contributed by atoms with Crippen molar-refractivity contribution in [2.45, 2.75) is 32.4 Å². The number of hydrogen-bond acceptors (Lipinski definition) is 3. The van der Waals surface area contributed by atoms with E-state index in [1.165, 1.54) is 36.4 Å². The molecule has 1 atom stereocenters. The van der Waals surface area contributed by atoms with E-state index in [2.05, 4.69) is 10.6 Å². The van der Waals surface area contributed by atoms with Crippen LogP contribution < -0.4 is 10.6 Å². The van der Waals surface area contributed by atoms with Crippen molar-refractivity contribution in [2.24, 2.45) is 5.92 Å². The number of hydrogen-bond donors (Lipinski definition) is 2. The zero-order valence-electron chi connectivity index (χ0n) is 17.5. The fourth-order valence-electron chi connectivity index (χ4n) is 3.44. The van der Waals surface area contributed by atoms with E-state index in [4.69, 9.17) is 0 Å². The standard InChI is InChI=1S/C23H24F3N3O3/c1-2-3-11-29-14-16(12-20(29)30)22(32)27-18-9-7-15(8-10-18)21(31)28-19-6-4-5-17(13-19)23(24,25)26/h4-10,13,16H,2-3,11-12,14H2,1H3,(H,27,32)(H,28,31)/t16-/m0/s1. The summed E-state index contributed by atoms with van der Waals surface area (Å²) in [6.45, 7) is 3.07. The van der Waals surface area contributed by atoms with Crippen molar-refractivity contribution in [1.82, 2.24) is 4.90 Å². The molecule has 1 fully saturated rings. The highest BCUT2D eigenvalue weighted by molar-refractivity contribution is 6.05. The highest BCUT2D eigenvalue weighted by Crippen LogP contribution is 2.30. The van der Waals surface area contributed by atoms with E-state index in [-0.39, 0.29) is 29.5 Å². The highest BCUT2D eigenvalue weighted by atomic mass is 19.4. The van der Waals surface area contributed by atoms with Gasteiger partial charge in [0.1, 0.15) is 0 Å². The van der Waals surface area contributed by atoms with Gasteiger partial charge in [0.25, 0.3) is 5.91 Å². The summed E-state index contributed by atoms with van der Waals surface area (Å²) in [6, 6.07) is 10.4. The first-order valence-corrected chi connectivity index (χ1v) is 10.3. The molecular weight excluding hydrogens is 423 g/mol. The number of amides is 3. The summed E-state index contributed by atoms with van der Waals surface area (Å²) in [7, 11) is 0. The Labute approximate surface area is 183 Å². The van der Waals surface area contributed by atoms with Gasteiger partial charge in [-0.15, -0.1) is 0 Å². The molecule has 1 saturated heterocycles. The third-order valence-electron chi connectivity index (χ3n) is 5.23. The Balaban J connectivity index is 1.57. The van der Waals surface area contributed by atoms with Crippen LogP contribution in [0.25, 0.3) is 0 Å². The van der Waals surface area contributed by atoms with Crippen LogP contribution in [0.5, 0.6) is 0 Å². The van der Waals surface area contributed by atoms with Crippen LogP contribution in [-0.4, -0.2) is 35.7 Å². The van der Waals surface area contributed by atoms with Crippen LogP contribution in [0.4, 0.5) is 24.5 Å². The number of unbranched alkanes of at least 4 members (excludes halogenated alkanes) is 1. The number of carbonyl (C=O) groups excluding carboxylic acids is 3. The normalized spacial score (nSPS) is 16.2. The zero-order valence-corrected chi connectivity index (χ0v) is 17.5. The van der Waals surface area contributed by atoms with Crippen LogP contribution in [-0.2, 0) is 15.8 Å². The molecule has 0 saturated carbocycles. The molecule has 0 spiro atoms. The Kier molecular flexibility index (Phi) is 7.17.